The summed E-state index contributed by atoms with van der Waals surface area (Å²) in [5.74, 6) is 0.722. The van der Waals surface area contributed by atoms with E-state index in [1.807, 2.05) is 12.4 Å². The van der Waals surface area contributed by atoms with Crippen LogP contribution in [0.2, 0.25) is 0 Å². The van der Waals surface area contributed by atoms with Gasteiger partial charge in [0, 0.05) is 19.3 Å². The molecule has 1 aromatic carbocycles. The number of carbonyl (C=O) groups is 1. The van der Waals surface area contributed by atoms with Gasteiger partial charge in [-0.15, -0.1) is 0 Å². The molecule has 34 heavy (non-hydrogen) atoms. The van der Waals surface area contributed by atoms with Crippen molar-refractivity contribution in [1.82, 2.24) is 24.6 Å². The first-order valence-electron chi connectivity index (χ1n) is 11.7. The molecule has 1 aliphatic heterocycles. The van der Waals surface area contributed by atoms with Gasteiger partial charge in [-0.2, -0.15) is 10.1 Å². The van der Waals surface area contributed by atoms with Crippen LogP contribution in [-0.4, -0.2) is 63.0 Å². The van der Waals surface area contributed by atoms with Gasteiger partial charge in [0.2, 0.25) is 11.9 Å². The van der Waals surface area contributed by atoms with E-state index < -0.39 is 12.5 Å². The second kappa shape index (κ2) is 10.8. The number of nitrogens with two attached hydrogens (primary N) is 1. The predicted molar refractivity (Wildman–Crippen MR) is 130 cm³/mol. The van der Waals surface area contributed by atoms with E-state index in [0.717, 1.165) is 42.0 Å². The Labute approximate surface area is 199 Å². The van der Waals surface area contributed by atoms with Crippen molar-refractivity contribution >= 4 is 28.6 Å². The van der Waals surface area contributed by atoms with E-state index in [1.54, 1.807) is 7.11 Å². The molecular formula is C24H33N7O3. The SMILES string of the molecule is COc1cc2c(cc1Nc1ncc3cnn(C4CCCCC4)c3n1)CN(C)CC2.NC(=O)CO. The largest absolute Gasteiger partial charge is 0.495 e. The van der Waals surface area contributed by atoms with Gasteiger partial charge >= 0.3 is 0 Å². The van der Waals surface area contributed by atoms with Crippen molar-refractivity contribution in [2.45, 2.75) is 51.1 Å². The highest BCUT2D eigenvalue weighted by molar-refractivity contribution is 5.76. The summed E-state index contributed by atoms with van der Waals surface area (Å²) in [5, 5.41) is 16.7. The van der Waals surface area contributed by atoms with Crippen molar-refractivity contribution in [3.8, 4) is 5.75 Å². The average Bonchev–Trinajstić information content (AvgIpc) is 3.28. The number of hydrogen-bond donors (Lipinski definition) is 3. The van der Waals surface area contributed by atoms with Crippen LogP contribution in [0.4, 0.5) is 11.6 Å². The molecule has 0 unspecified atom stereocenters. The van der Waals surface area contributed by atoms with E-state index in [-0.39, 0.29) is 0 Å². The van der Waals surface area contributed by atoms with E-state index >= 15 is 0 Å². The van der Waals surface area contributed by atoms with Crippen molar-refractivity contribution in [3.05, 3.63) is 35.7 Å². The molecule has 1 aliphatic carbocycles. The number of rotatable bonds is 5. The molecule has 1 fully saturated rings. The van der Waals surface area contributed by atoms with Gasteiger partial charge < -0.3 is 25.8 Å². The maximum Gasteiger partial charge on any atom is 0.243 e. The van der Waals surface area contributed by atoms with Crippen LogP contribution in [-0.2, 0) is 17.8 Å². The van der Waals surface area contributed by atoms with Gasteiger partial charge in [-0.05, 0) is 49.6 Å². The Kier molecular flexibility index (Phi) is 7.59. The first-order valence-corrected chi connectivity index (χ1v) is 11.7. The number of carbonyl (C=O) groups excluding carboxylic acids is 1. The highest BCUT2D eigenvalue weighted by Crippen LogP contribution is 2.34. The van der Waals surface area contributed by atoms with Crippen LogP contribution in [0.25, 0.3) is 11.0 Å². The fourth-order valence-electron chi connectivity index (χ4n) is 4.60. The van der Waals surface area contributed by atoms with E-state index in [9.17, 15) is 4.79 Å². The van der Waals surface area contributed by atoms with Crippen molar-refractivity contribution < 1.29 is 14.6 Å². The second-order valence-electron chi connectivity index (χ2n) is 8.91. The maximum absolute atomic E-state index is 9.34. The molecule has 0 atom stereocenters. The number of aromatic nitrogens is 4. The monoisotopic (exact) mass is 467 g/mol. The number of fused-ring (bicyclic) bond motifs is 2. The number of nitrogens with one attached hydrogen (secondary N) is 1. The molecule has 1 saturated carbocycles. The van der Waals surface area contributed by atoms with Gasteiger partial charge in [-0.1, -0.05) is 19.3 Å². The Balaban J connectivity index is 0.000000499. The average molecular weight is 468 g/mol. The maximum atomic E-state index is 9.34. The fourth-order valence-corrected chi connectivity index (χ4v) is 4.60. The van der Waals surface area contributed by atoms with Crippen molar-refractivity contribution in [2.75, 3.05) is 32.6 Å². The summed E-state index contributed by atoms with van der Waals surface area (Å²) >= 11 is 0. The Hall–Kier alpha value is -3.24. The van der Waals surface area contributed by atoms with Crippen LogP contribution in [0.15, 0.2) is 24.5 Å². The normalized spacial score (nSPS) is 16.4. The molecule has 10 heteroatoms. The van der Waals surface area contributed by atoms with Gasteiger partial charge in [0.1, 0.15) is 12.4 Å². The number of nitrogens with zero attached hydrogens (tertiary/aromatic N) is 5. The number of likely N-dealkylation sites (N-methyl/N-ethyl adjacent to an activating group) is 1. The summed E-state index contributed by atoms with van der Waals surface area (Å²) in [4.78, 5) is 21.0. The van der Waals surface area contributed by atoms with Gasteiger partial charge in [-0.25, -0.2) is 9.67 Å². The van der Waals surface area contributed by atoms with Gasteiger partial charge in [0.15, 0.2) is 5.65 Å². The minimum Gasteiger partial charge on any atom is -0.495 e. The number of aliphatic hydroxyl groups is 1. The first-order chi connectivity index (χ1) is 16.5. The Morgan fingerprint density at radius 3 is 2.71 bits per heavy atom. The highest BCUT2D eigenvalue weighted by atomic mass is 16.5. The molecule has 2 aromatic heterocycles. The first kappa shape index (κ1) is 23.9. The molecule has 0 radical (unpaired) electrons. The van der Waals surface area contributed by atoms with Gasteiger partial charge in [0.05, 0.1) is 30.4 Å². The minimum absolute atomic E-state index is 0.442. The summed E-state index contributed by atoms with van der Waals surface area (Å²) < 4.78 is 7.75. The third-order valence-corrected chi connectivity index (χ3v) is 6.38. The lowest BCUT2D eigenvalue weighted by molar-refractivity contribution is -0.120. The molecule has 1 amide bonds. The molecule has 3 heterocycles. The Morgan fingerprint density at radius 2 is 2.00 bits per heavy atom. The Bertz CT molecular complexity index is 1140. The lowest BCUT2D eigenvalue weighted by atomic mass is 9.96. The highest BCUT2D eigenvalue weighted by Gasteiger charge is 2.20. The number of ether oxygens (including phenoxy) is 1. The second-order valence-corrected chi connectivity index (χ2v) is 8.91. The van der Waals surface area contributed by atoms with E-state index in [2.05, 4.69) is 49.9 Å². The molecule has 5 rings (SSSR count). The van der Waals surface area contributed by atoms with Crippen LogP contribution < -0.4 is 15.8 Å². The number of hydrogen-bond acceptors (Lipinski definition) is 8. The number of methoxy groups -OCH3 is 1. The van der Waals surface area contributed by atoms with E-state index in [4.69, 9.17) is 14.8 Å². The number of anilines is 2. The third-order valence-electron chi connectivity index (χ3n) is 6.38. The summed E-state index contributed by atoms with van der Waals surface area (Å²) in [6.45, 7) is 1.47. The molecule has 2 aliphatic rings. The molecule has 0 bridgehead atoms. The quantitative estimate of drug-likeness (QED) is 0.522. The fraction of sp³-hybridized carbons (Fsp3) is 0.500. The number of amides is 1. The zero-order chi connectivity index (χ0) is 24.1. The number of primary amides is 1. The van der Waals surface area contributed by atoms with E-state index in [1.165, 1.54) is 43.2 Å². The molecular weight excluding hydrogens is 434 g/mol. The van der Waals surface area contributed by atoms with Crippen molar-refractivity contribution in [3.63, 3.8) is 0 Å². The minimum atomic E-state index is -0.690. The lowest BCUT2D eigenvalue weighted by Crippen LogP contribution is -2.26. The molecule has 0 spiro atoms. The van der Waals surface area contributed by atoms with Crippen molar-refractivity contribution in [1.29, 1.82) is 0 Å². The van der Waals surface area contributed by atoms with Crippen LogP contribution in [0.1, 0.15) is 49.3 Å². The van der Waals surface area contributed by atoms with Crippen LogP contribution in [0, 0.1) is 0 Å². The topological polar surface area (TPSA) is 131 Å². The zero-order valence-corrected chi connectivity index (χ0v) is 19.8. The van der Waals surface area contributed by atoms with Crippen LogP contribution in [0.3, 0.4) is 0 Å². The van der Waals surface area contributed by atoms with Gasteiger partial charge in [0.25, 0.3) is 0 Å². The number of aliphatic hydroxyl groups excluding tert-OH is 1. The summed E-state index contributed by atoms with van der Waals surface area (Å²) in [6, 6.07) is 4.77. The zero-order valence-electron chi connectivity index (χ0n) is 19.8. The number of benzene rings is 1. The lowest BCUT2D eigenvalue weighted by Gasteiger charge is -2.26. The molecule has 4 N–H and O–H groups in total. The van der Waals surface area contributed by atoms with Crippen molar-refractivity contribution in [2.24, 2.45) is 5.73 Å². The molecule has 3 aromatic rings. The Morgan fingerprint density at radius 1 is 1.24 bits per heavy atom. The summed E-state index contributed by atoms with van der Waals surface area (Å²) in [7, 11) is 3.87. The summed E-state index contributed by atoms with van der Waals surface area (Å²) in [5.41, 5.74) is 8.91. The van der Waals surface area contributed by atoms with E-state index in [0.29, 0.717) is 12.0 Å². The molecule has 0 saturated heterocycles. The predicted octanol–water partition coefficient (Wildman–Crippen LogP) is 2.54. The molecule has 10 nitrogen and oxygen atoms in total. The smallest absolute Gasteiger partial charge is 0.243 e. The molecule has 182 valence electrons. The van der Waals surface area contributed by atoms with Gasteiger partial charge in [-0.3, -0.25) is 4.79 Å². The van der Waals surface area contributed by atoms with Crippen LogP contribution >= 0.6 is 0 Å². The van der Waals surface area contributed by atoms with Crippen LogP contribution in [0.5, 0.6) is 5.75 Å². The standard InChI is InChI=1S/C22H28N6O.C2H5NO2/c1-27-9-8-15-11-20(29-2)19(10-16(15)14-27)25-22-23-12-17-13-24-28(21(17)26-22)18-6-4-3-5-7-18;3-2(5)1-4/h10-13,18H,3-9,14H2,1-2H3,(H,23,25,26);4H,1H2,(H2,3,5). The summed E-state index contributed by atoms with van der Waals surface area (Å²) in [6.07, 6.45) is 11.0. The third kappa shape index (κ3) is 5.45.